The van der Waals surface area contributed by atoms with E-state index in [9.17, 15) is 8.42 Å². The first kappa shape index (κ1) is 13.1. The zero-order chi connectivity index (χ0) is 12.2. The summed E-state index contributed by atoms with van der Waals surface area (Å²) in [5.74, 6) is 0. The van der Waals surface area contributed by atoms with Gasteiger partial charge in [-0.2, -0.15) is 4.31 Å². The molecule has 0 aliphatic carbocycles. The molecule has 88 valence electrons. The Morgan fingerprint density at radius 3 is 2.50 bits per heavy atom. The van der Waals surface area contributed by atoms with Crippen molar-refractivity contribution in [3.63, 3.8) is 0 Å². The van der Waals surface area contributed by atoms with E-state index in [2.05, 4.69) is 16.5 Å². The van der Waals surface area contributed by atoms with Gasteiger partial charge in [-0.25, -0.2) is 18.4 Å². The standard InChI is InChI=1S/C9H12ClN3O2S/c1-3-5-13(4-2)16(14,15)8-6-11-9(10)12-7-8/h3,6-7H,1,4-5H2,2H3. The van der Waals surface area contributed by atoms with Gasteiger partial charge in [0.1, 0.15) is 4.90 Å². The Morgan fingerprint density at radius 1 is 1.50 bits per heavy atom. The van der Waals surface area contributed by atoms with Crippen LogP contribution in [0.25, 0.3) is 0 Å². The zero-order valence-corrected chi connectivity index (χ0v) is 10.4. The number of hydrogen-bond donors (Lipinski definition) is 0. The number of halogens is 1. The molecule has 0 amide bonds. The van der Waals surface area contributed by atoms with E-state index in [0.717, 1.165) is 0 Å². The first-order valence-electron chi connectivity index (χ1n) is 4.61. The number of hydrogen-bond acceptors (Lipinski definition) is 4. The van der Waals surface area contributed by atoms with Crippen LogP contribution in [0.3, 0.4) is 0 Å². The third-order valence-corrected chi connectivity index (χ3v) is 4.01. The molecule has 0 fully saturated rings. The second-order valence-corrected chi connectivity index (χ2v) is 5.21. The van der Waals surface area contributed by atoms with Crippen LogP contribution in [0, 0.1) is 0 Å². The maximum absolute atomic E-state index is 12.0. The summed E-state index contributed by atoms with van der Waals surface area (Å²) in [5, 5.41) is 0.0192. The van der Waals surface area contributed by atoms with Crippen molar-refractivity contribution < 1.29 is 8.42 Å². The molecule has 5 nitrogen and oxygen atoms in total. The summed E-state index contributed by atoms with van der Waals surface area (Å²) in [7, 11) is -3.55. The minimum absolute atomic E-state index is 0.0192. The summed E-state index contributed by atoms with van der Waals surface area (Å²) in [4.78, 5) is 7.32. The number of sulfonamides is 1. The maximum atomic E-state index is 12.0. The van der Waals surface area contributed by atoms with Crippen LogP contribution < -0.4 is 0 Å². The summed E-state index contributed by atoms with van der Waals surface area (Å²) in [5.41, 5.74) is 0. The molecule has 7 heteroatoms. The van der Waals surface area contributed by atoms with Gasteiger partial charge in [0.2, 0.25) is 15.3 Å². The molecule has 0 bridgehead atoms. The van der Waals surface area contributed by atoms with E-state index in [1.54, 1.807) is 6.92 Å². The Labute approximate surface area is 99.8 Å². The van der Waals surface area contributed by atoms with Gasteiger partial charge in [0.15, 0.2) is 0 Å². The van der Waals surface area contributed by atoms with Crippen LogP contribution in [-0.2, 0) is 10.0 Å². The molecule has 16 heavy (non-hydrogen) atoms. The summed E-state index contributed by atoms with van der Waals surface area (Å²) < 4.78 is 25.3. The Bertz CT molecular complexity index is 458. The fourth-order valence-corrected chi connectivity index (χ4v) is 2.53. The van der Waals surface area contributed by atoms with Gasteiger partial charge in [-0.3, -0.25) is 0 Å². The average Bonchev–Trinajstić information content (AvgIpc) is 2.26. The quantitative estimate of drug-likeness (QED) is 0.593. The molecular formula is C9H12ClN3O2S. The van der Waals surface area contributed by atoms with Crippen molar-refractivity contribution in [1.82, 2.24) is 14.3 Å². The monoisotopic (exact) mass is 261 g/mol. The van der Waals surface area contributed by atoms with Gasteiger partial charge < -0.3 is 0 Å². The van der Waals surface area contributed by atoms with Gasteiger partial charge in [-0.15, -0.1) is 6.58 Å². The molecule has 0 spiro atoms. The maximum Gasteiger partial charge on any atom is 0.246 e. The van der Waals surface area contributed by atoms with E-state index in [1.165, 1.54) is 22.8 Å². The van der Waals surface area contributed by atoms with Crippen molar-refractivity contribution in [3.05, 3.63) is 30.3 Å². The molecule has 0 N–H and O–H groups in total. The van der Waals surface area contributed by atoms with Crippen LogP contribution in [0.4, 0.5) is 0 Å². The molecule has 0 atom stereocenters. The molecule has 0 radical (unpaired) electrons. The van der Waals surface area contributed by atoms with E-state index in [1.807, 2.05) is 0 Å². The van der Waals surface area contributed by atoms with Gasteiger partial charge in [-0.05, 0) is 11.6 Å². The molecule has 0 aliphatic rings. The molecule has 1 aromatic heterocycles. The zero-order valence-electron chi connectivity index (χ0n) is 8.80. The van der Waals surface area contributed by atoms with Crippen LogP contribution in [0.5, 0.6) is 0 Å². The summed E-state index contributed by atoms with van der Waals surface area (Å²) in [6.07, 6.45) is 3.91. The molecular weight excluding hydrogens is 250 g/mol. The largest absolute Gasteiger partial charge is 0.246 e. The van der Waals surface area contributed by atoms with Gasteiger partial charge in [-0.1, -0.05) is 13.0 Å². The van der Waals surface area contributed by atoms with Crippen molar-refractivity contribution in [2.24, 2.45) is 0 Å². The molecule has 1 rings (SSSR count). The highest BCUT2D eigenvalue weighted by Crippen LogP contribution is 2.14. The van der Waals surface area contributed by atoms with Gasteiger partial charge in [0.25, 0.3) is 0 Å². The van der Waals surface area contributed by atoms with Gasteiger partial charge in [0, 0.05) is 13.1 Å². The molecule has 0 aliphatic heterocycles. The predicted octanol–water partition coefficient (Wildman–Crippen LogP) is 1.33. The lowest BCUT2D eigenvalue weighted by Gasteiger charge is -2.17. The molecule has 1 aromatic rings. The third-order valence-electron chi connectivity index (χ3n) is 1.92. The van der Waals surface area contributed by atoms with E-state index in [-0.39, 0.29) is 16.7 Å². The highest BCUT2D eigenvalue weighted by molar-refractivity contribution is 7.89. The molecule has 0 saturated carbocycles. The lowest BCUT2D eigenvalue weighted by molar-refractivity contribution is 0.459. The van der Waals surface area contributed by atoms with Crippen molar-refractivity contribution in [1.29, 1.82) is 0 Å². The third kappa shape index (κ3) is 2.78. The molecule has 0 aromatic carbocycles. The Balaban J connectivity index is 3.09. The van der Waals surface area contributed by atoms with E-state index in [4.69, 9.17) is 11.6 Å². The Hall–Kier alpha value is -0.980. The van der Waals surface area contributed by atoms with E-state index < -0.39 is 10.0 Å². The van der Waals surface area contributed by atoms with E-state index in [0.29, 0.717) is 6.54 Å². The summed E-state index contributed by atoms with van der Waals surface area (Å²) in [6.45, 7) is 5.87. The normalized spacial score (nSPS) is 11.7. The smallest absolute Gasteiger partial charge is 0.225 e. The number of nitrogens with zero attached hydrogens (tertiary/aromatic N) is 3. The minimum Gasteiger partial charge on any atom is -0.225 e. The lowest BCUT2D eigenvalue weighted by Crippen LogP contribution is -2.31. The van der Waals surface area contributed by atoms with Crippen molar-refractivity contribution in [2.75, 3.05) is 13.1 Å². The predicted molar refractivity (Wildman–Crippen MR) is 61.7 cm³/mol. The minimum atomic E-state index is -3.55. The highest BCUT2D eigenvalue weighted by Gasteiger charge is 2.22. The fraction of sp³-hybridized carbons (Fsp3) is 0.333. The number of aromatic nitrogens is 2. The Morgan fingerprint density at radius 2 is 2.06 bits per heavy atom. The first-order valence-corrected chi connectivity index (χ1v) is 6.42. The fourth-order valence-electron chi connectivity index (χ4n) is 1.12. The van der Waals surface area contributed by atoms with E-state index >= 15 is 0 Å². The van der Waals surface area contributed by atoms with Crippen molar-refractivity contribution in [3.8, 4) is 0 Å². The van der Waals surface area contributed by atoms with Crippen LogP contribution in [0.1, 0.15) is 6.92 Å². The highest BCUT2D eigenvalue weighted by atomic mass is 35.5. The van der Waals surface area contributed by atoms with Crippen LogP contribution in [0.2, 0.25) is 5.28 Å². The van der Waals surface area contributed by atoms with Crippen LogP contribution >= 0.6 is 11.6 Å². The van der Waals surface area contributed by atoms with Crippen molar-refractivity contribution in [2.45, 2.75) is 11.8 Å². The SMILES string of the molecule is C=CCN(CC)S(=O)(=O)c1cnc(Cl)nc1. The first-order chi connectivity index (χ1) is 7.52. The van der Waals surface area contributed by atoms with Crippen molar-refractivity contribution >= 4 is 21.6 Å². The van der Waals surface area contributed by atoms with Gasteiger partial charge >= 0.3 is 0 Å². The number of rotatable bonds is 5. The van der Waals surface area contributed by atoms with Crippen LogP contribution in [-0.4, -0.2) is 35.8 Å². The second kappa shape index (κ2) is 5.38. The van der Waals surface area contributed by atoms with Crippen LogP contribution in [0.15, 0.2) is 29.9 Å². The molecule has 0 unspecified atom stereocenters. The lowest BCUT2D eigenvalue weighted by atomic mass is 10.6. The topological polar surface area (TPSA) is 63.2 Å². The van der Waals surface area contributed by atoms with Gasteiger partial charge in [0.05, 0.1) is 12.4 Å². The second-order valence-electron chi connectivity index (χ2n) is 2.93. The average molecular weight is 262 g/mol. The number of likely N-dealkylation sites (N-methyl/N-ethyl adjacent to an activating group) is 1. The Kier molecular flexibility index (Phi) is 4.40. The summed E-state index contributed by atoms with van der Waals surface area (Å²) >= 11 is 5.49. The summed E-state index contributed by atoms with van der Waals surface area (Å²) in [6, 6.07) is 0. The molecule has 0 saturated heterocycles. The molecule has 1 heterocycles.